The Hall–Kier alpha value is -3.12. The van der Waals surface area contributed by atoms with E-state index < -0.39 is 6.04 Å². The molecule has 6 heteroatoms. The van der Waals surface area contributed by atoms with Gasteiger partial charge in [0.15, 0.2) is 6.61 Å². The highest BCUT2D eigenvalue weighted by molar-refractivity contribution is 9.10. The average molecular weight is 550 g/mol. The van der Waals surface area contributed by atoms with Crippen molar-refractivity contribution in [3.63, 3.8) is 0 Å². The maximum Gasteiger partial charge on any atom is 0.261 e. The third-order valence-corrected chi connectivity index (χ3v) is 7.09. The van der Waals surface area contributed by atoms with Gasteiger partial charge >= 0.3 is 0 Å². The van der Waals surface area contributed by atoms with Crippen molar-refractivity contribution in [3.8, 4) is 5.75 Å². The standard InChI is InChI=1S/C30H33BrN2O3/c1-22-14-16-27(17-15-22)36-21-29(34)33(20-24-10-7-11-25(31)18-24)28(19-23-8-3-2-4-9-23)30(35)32-26-12-5-6-13-26/h2-4,7-11,14-18,26,28H,5-6,12-13,19-21H2,1H3,(H,32,35). The molecule has 0 radical (unpaired) electrons. The summed E-state index contributed by atoms with van der Waals surface area (Å²) >= 11 is 3.53. The van der Waals surface area contributed by atoms with Crippen LogP contribution in [0.1, 0.15) is 42.4 Å². The van der Waals surface area contributed by atoms with Crippen LogP contribution in [0.3, 0.4) is 0 Å². The fourth-order valence-corrected chi connectivity index (χ4v) is 5.06. The number of benzene rings is 3. The topological polar surface area (TPSA) is 58.6 Å². The molecule has 0 bridgehead atoms. The number of carbonyl (C=O) groups is 2. The summed E-state index contributed by atoms with van der Waals surface area (Å²) in [5, 5.41) is 3.23. The first-order valence-electron chi connectivity index (χ1n) is 12.6. The SMILES string of the molecule is Cc1ccc(OCC(=O)N(Cc2cccc(Br)c2)C(Cc2ccccc2)C(=O)NC2CCCC2)cc1. The number of hydrogen-bond donors (Lipinski definition) is 1. The van der Waals surface area contributed by atoms with E-state index in [1.165, 1.54) is 0 Å². The van der Waals surface area contributed by atoms with Crippen molar-refractivity contribution in [2.24, 2.45) is 0 Å². The Morgan fingerprint density at radius 2 is 1.67 bits per heavy atom. The number of nitrogens with zero attached hydrogens (tertiary/aromatic N) is 1. The van der Waals surface area contributed by atoms with Crippen LogP contribution in [0.5, 0.6) is 5.75 Å². The molecule has 188 valence electrons. The maximum atomic E-state index is 13.7. The lowest BCUT2D eigenvalue weighted by molar-refractivity contribution is -0.143. The summed E-state index contributed by atoms with van der Waals surface area (Å²) < 4.78 is 6.78. The van der Waals surface area contributed by atoms with Crippen molar-refractivity contribution >= 4 is 27.7 Å². The summed E-state index contributed by atoms with van der Waals surface area (Å²) in [6.45, 7) is 2.18. The van der Waals surface area contributed by atoms with Gasteiger partial charge in [0.1, 0.15) is 11.8 Å². The number of halogens is 1. The molecule has 3 aromatic rings. The number of carbonyl (C=O) groups excluding carboxylic acids is 2. The van der Waals surface area contributed by atoms with Gasteiger partial charge in [-0.3, -0.25) is 9.59 Å². The van der Waals surface area contributed by atoms with Gasteiger partial charge in [0.05, 0.1) is 0 Å². The summed E-state index contributed by atoms with van der Waals surface area (Å²) in [7, 11) is 0. The van der Waals surface area contributed by atoms with Gasteiger partial charge in [-0.15, -0.1) is 0 Å². The highest BCUT2D eigenvalue weighted by Crippen LogP contribution is 2.21. The highest BCUT2D eigenvalue weighted by atomic mass is 79.9. The molecular weight excluding hydrogens is 516 g/mol. The van der Waals surface area contributed by atoms with Gasteiger partial charge in [-0.05, 0) is 55.2 Å². The van der Waals surface area contributed by atoms with E-state index in [-0.39, 0.29) is 24.5 Å². The van der Waals surface area contributed by atoms with Crippen molar-refractivity contribution < 1.29 is 14.3 Å². The Bertz CT molecular complexity index is 1140. The zero-order chi connectivity index (χ0) is 25.3. The smallest absolute Gasteiger partial charge is 0.261 e. The van der Waals surface area contributed by atoms with Crippen molar-refractivity contribution in [2.45, 2.75) is 57.7 Å². The summed E-state index contributed by atoms with van der Waals surface area (Å²) in [6, 6.07) is 24.9. The molecule has 0 aliphatic heterocycles. The highest BCUT2D eigenvalue weighted by Gasteiger charge is 2.32. The van der Waals surface area contributed by atoms with Gasteiger partial charge in [0.25, 0.3) is 5.91 Å². The number of aryl methyl sites for hydroxylation is 1. The van der Waals surface area contributed by atoms with E-state index in [0.29, 0.717) is 18.7 Å². The molecule has 3 aromatic carbocycles. The summed E-state index contributed by atoms with van der Waals surface area (Å²) in [5.41, 5.74) is 3.08. The lowest BCUT2D eigenvalue weighted by Gasteiger charge is -2.32. The van der Waals surface area contributed by atoms with E-state index in [1.54, 1.807) is 4.90 Å². The lowest BCUT2D eigenvalue weighted by Crippen LogP contribution is -2.53. The van der Waals surface area contributed by atoms with Crippen molar-refractivity contribution in [2.75, 3.05) is 6.61 Å². The van der Waals surface area contributed by atoms with Gasteiger partial charge < -0.3 is 15.0 Å². The van der Waals surface area contributed by atoms with Gasteiger partial charge in [-0.2, -0.15) is 0 Å². The molecule has 36 heavy (non-hydrogen) atoms. The van der Waals surface area contributed by atoms with E-state index in [9.17, 15) is 9.59 Å². The third-order valence-electron chi connectivity index (χ3n) is 6.60. The molecule has 5 nitrogen and oxygen atoms in total. The maximum absolute atomic E-state index is 13.7. The summed E-state index contributed by atoms with van der Waals surface area (Å²) in [6.07, 6.45) is 4.66. The minimum Gasteiger partial charge on any atom is -0.484 e. The van der Waals surface area contributed by atoms with E-state index in [4.69, 9.17) is 4.74 Å². The van der Waals surface area contributed by atoms with Crippen LogP contribution in [-0.4, -0.2) is 35.4 Å². The van der Waals surface area contributed by atoms with Crippen molar-refractivity contribution in [3.05, 3.63) is 100 Å². The largest absolute Gasteiger partial charge is 0.484 e. The van der Waals surface area contributed by atoms with Gasteiger partial charge in [0.2, 0.25) is 5.91 Å². The molecule has 0 aromatic heterocycles. The number of rotatable bonds is 10. The van der Waals surface area contributed by atoms with Crippen LogP contribution in [0.4, 0.5) is 0 Å². The zero-order valence-corrected chi connectivity index (χ0v) is 22.2. The van der Waals surface area contributed by atoms with Crippen molar-refractivity contribution in [1.82, 2.24) is 10.2 Å². The Labute approximate surface area is 222 Å². The molecule has 1 N–H and O–H groups in total. The predicted octanol–water partition coefficient (Wildman–Crippen LogP) is 5.84. The molecule has 0 saturated heterocycles. The van der Waals surface area contributed by atoms with Crippen LogP contribution < -0.4 is 10.1 Å². The predicted molar refractivity (Wildman–Crippen MR) is 146 cm³/mol. The second-order valence-corrected chi connectivity index (χ2v) is 10.4. The first-order chi connectivity index (χ1) is 17.5. The molecular formula is C30H33BrN2O3. The molecule has 1 aliphatic rings. The van der Waals surface area contributed by atoms with Crippen LogP contribution in [0.15, 0.2) is 83.3 Å². The van der Waals surface area contributed by atoms with E-state index in [2.05, 4.69) is 21.2 Å². The van der Waals surface area contributed by atoms with Crippen molar-refractivity contribution in [1.29, 1.82) is 0 Å². The molecule has 1 unspecified atom stereocenters. The first-order valence-corrected chi connectivity index (χ1v) is 13.3. The minimum absolute atomic E-state index is 0.107. The molecule has 1 atom stereocenters. The zero-order valence-electron chi connectivity index (χ0n) is 20.7. The molecule has 1 saturated carbocycles. The number of nitrogens with one attached hydrogen (secondary N) is 1. The van der Waals surface area contributed by atoms with Crippen LogP contribution in [0.25, 0.3) is 0 Å². The Kier molecular flexibility index (Phi) is 9.17. The molecule has 1 aliphatic carbocycles. The Balaban J connectivity index is 1.60. The number of hydrogen-bond acceptors (Lipinski definition) is 3. The Morgan fingerprint density at radius 1 is 0.972 bits per heavy atom. The fraction of sp³-hybridized carbons (Fsp3) is 0.333. The van der Waals surface area contributed by atoms with E-state index in [0.717, 1.165) is 46.8 Å². The van der Waals surface area contributed by atoms with Gasteiger partial charge in [0, 0.05) is 23.5 Å². The normalized spacial score (nSPS) is 14.3. The third kappa shape index (κ3) is 7.44. The van der Waals surface area contributed by atoms with Crippen LogP contribution in [0, 0.1) is 6.92 Å². The molecule has 4 rings (SSSR count). The summed E-state index contributed by atoms with van der Waals surface area (Å²) in [4.78, 5) is 29.0. The fourth-order valence-electron chi connectivity index (χ4n) is 4.62. The molecule has 0 heterocycles. The second kappa shape index (κ2) is 12.7. The van der Waals surface area contributed by atoms with Crippen LogP contribution >= 0.6 is 15.9 Å². The average Bonchev–Trinajstić information content (AvgIpc) is 3.39. The van der Waals surface area contributed by atoms with E-state index >= 15 is 0 Å². The van der Waals surface area contributed by atoms with E-state index in [1.807, 2.05) is 85.8 Å². The summed E-state index contributed by atoms with van der Waals surface area (Å²) in [5.74, 6) is 0.300. The van der Waals surface area contributed by atoms with Crippen LogP contribution in [0.2, 0.25) is 0 Å². The van der Waals surface area contributed by atoms with Gasteiger partial charge in [-0.25, -0.2) is 0 Å². The first kappa shape index (κ1) is 26.0. The monoisotopic (exact) mass is 548 g/mol. The molecule has 1 fully saturated rings. The second-order valence-electron chi connectivity index (χ2n) is 9.45. The molecule has 0 spiro atoms. The minimum atomic E-state index is -0.652. The van der Waals surface area contributed by atoms with Gasteiger partial charge in [-0.1, -0.05) is 88.9 Å². The molecule has 2 amide bonds. The Morgan fingerprint density at radius 3 is 2.36 bits per heavy atom. The quantitative estimate of drug-likeness (QED) is 0.346. The lowest BCUT2D eigenvalue weighted by atomic mass is 10.0. The van der Waals surface area contributed by atoms with Crippen LogP contribution in [-0.2, 0) is 22.6 Å². The number of amides is 2. The number of ether oxygens (including phenoxy) is 1.